The summed E-state index contributed by atoms with van der Waals surface area (Å²) in [5, 5.41) is 18.1. The third-order valence-corrected chi connectivity index (χ3v) is 4.29. The molecule has 0 aromatic heterocycles. The van der Waals surface area contributed by atoms with Gasteiger partial charge in [-0.25, -0.2) is 0 Å². The van der Waals surface area contributed by atoms with Crippen molar-refractivity contribution in [3.8, 4) is 5.75 Å². The Bertz CT molecular complexity index is 812. The van der Waals surface area contributed by atoms with E-state index >= 15 is 0 Å². The highest BCUT2D eigenvalue weighted by Crippen LogP contribution is 2.23. The first-order chi connectivity index (χ1) is 12.5. The van der Waals surface area contributed by atoms with Gasteiger partial charge >= 0.3 is 0 Å². The molecule has 0 aliphatic carbocycles. The number of hydrazone groups is 1. The molecule has 2 aromatic carbocycles. The van der Waals surface area contributed by atoms with Crippen LogP contribution in [0.25, 0.3) is 0 Å². The maximum Gasteiger partial charge on any atom is 0.269 e. The van der Waals surface area contributed by atoms with Crippen LogP contribution < -0.4 is 15.5 Å². The minimum absolute atomic E-state index is 0.0641. The molecule has 0 bridgehead atoms. The Labute approximate surface area is 170 Å². The van der Waals surface area contributed by atoms with E-state index < -0.39 is 4.92 Å². The molecular weight excluding hydrogens is 467 g/mol. The van der Waals surface area contributed by atoms with E-state index in [-0.39, 0.29) is 5.69 Å². The first-order valence-corrected chi connectivity index (χ1v) is 9.21. The lowest BCUT2D eigenvalue weighted by atomic mass is 10.2. The molecular formula is C17H17IN4O3S. The summed E-state index contributed by atoms with van der Waals surface area (Å²) in [5.74, 6) is 0.734. The molecule has 0 radical (unpaired) electrons. The van der Waals surface area contributed by atoms with Gasteiger partial charge in [-0.3, -0.25) is 15.5 Å². The van der Waals surface area contributed by atoms with Crippen LogP contribution in [-0.4, -0.2) is 22.8 Å². The second kappa shape index (κ2) is 10.0. The van der Waals surface area contributed by atoms with E-state index in [1.54, 1.807) is 18.3 Å². The van der Waals surface area contributed by atoms with E-state index in [4.69, 9.17) is 17.0 Å². The van der Waals surface area contributed by atoms with Crippen molar-refractivity contribution in [2.75, 3.05) is 6.54 Å². The number of hydrogen-bond donors (Lipinski definition) is 2. The molecule has 26 heavy (non-hydrogen) atoms. The lowest BCUT2D eigenvalue weighted by Gasteiger charge is -2.09. The second-order valence-electron chi connectivity index (χ2n) is 5.13. The summed E-state index contributed by atoms with van der Waals surface area (Å²) in [6.45, 7) is 3.02. The van der Waals surface area contributed by atoms with Gasteiger partial charge in [-0.2, -0.15) is 5.10 Å². The first-order valence-electron chi connectivity index (χ1n) is 7.72. The van der Waals surface area contributed by atoms with Crippen molar-refractivity contribution in [3.63, 3.8) is 0 Å². The van der Waals surface area contributed by atoms with Gasteiger partial charge in [-0.1, -0.05) is 0 Å². The molecule has 0 spiro atoms. The highest BCUT2D eigenvalue weighted by molar-refractivity contribution is 14.1. The van der Waals surface area contributed by atoms with Crippen molar-refractivity contribution in [1.82, 2.24) is 10.7 Å². The van der Waals surface area contributed by atoms with Gasteiger partial charge in [-0.15, -0.1) is 0 Å². The quantitative estimate of drug-likeness (QED) is 0.205. The molecule has 7 nitrogen and oxygen atoms in total. The molecule has 0 amide bonds. The minimum atomic E-state index is -0.423. The van der Waals surface area contributed by atoms with Crippen molar-refractivity contribution in [1.29, 1.82) is 0 Å². The normalized spacial score (nSPS) is 10.5. The van der Waals surface area contributed by atoms with Crippen LogP contribution in [0.5, 0.6) is 5.75 Å². The number of halogens is 1. The summed E-state index contributed by atoms with van der Waals surface area (Å²) in [5.41, 5.74) is 4.56. The number of nitrogens with zero attached hydrogens (tertiary/aromatic N) is 2. The average Bonchev–Trinajstić information content (AvgIpc) is 2.61. The highest BCUT2D eigenvalue weighted by Gasteiger charge is 2.06. The van der Waals surface area contributed by atoms with E-state index in [0.29, 0.717) is 11.7 Å². The van der Waals surface area contributed by atoms with Gasteiger partial charge in [0.15, 0.2) is 5.11 Å². The zero-order valence-corrected chi connectivity index (χ0v) is 16.9. The fourth-order valence-corrected chi connectivity index (χ4v) is 2.85. The zero-order chi connectivity index (χ0) is 18.9. The largest absolute Gasteiger partial charge is 0.488 e. The van der Waals surface area contributed by atoms with Crippen molar-refractivity contribution < 1.29 is 9.66 Å². The number of non-ortho nitro benzene ring substituents is 1. The number of benzene rings is 2. The molecule has 2 rings (SSSR count). The van der Waals surface area contributed by atoms with E-state index in [2.05, 4.69) is 38.4 Å². The molecule has 0 atom stereocenters. The average molecular weight is 484 g/mol. The summed E-state index contributed by atoms with van der Waals surface area (Å²) in [6.07, 6.45) is 1.67. The number of nitrogens with one attached hydrogen (secondary N) is 2. The molecule has 136 valence electrons. The third kappa shape index (κ3) is 6.23. The van der Waals surface area contributed by atoms with Crippen LogP contribution in [0.4, 0.5) is 5.69 Å². The zero-order valence-electron chi connectivity index (χ0n) is 13.9. The maximum absolute atomic E-state index is 10.7. The van der Waals surface area contributed by atoms with Gasteiger partial charge in [0.25, 0.3) is 5.69 Å². The van der Waals surface area contributed by atoms with E-state index in [9.17, 15) is 10.1 Å². The van der Waals surface area contributed by atoms with Crippen molar-refractivity contribution in [2.24, 2.45) is 5.10 Å². The Kier molecular flexibility index (Phi) is 7.73. The Morgan fingerprint density at radius 2 is 2.08 bits per heavy atom. The number of hydrogen-bond acceptors (Lipinski definition) is 5. The smallest absolute Gasteiger partial charge is 0.269 e. The maximum atomic E-state index is 10.7. The summed E-state index contributed by atoms with van der Waals surface area (Å²) >= 11 is 7.21. The number of rotatable bonds is 7. The summed E-state index contributed by atoms with van der Waals surface area (Å²) in [6, 6.07) is 12.0. The number of ether oxygens (including phenoxy) is 1. The van der Waals surface area contributed by atoms with E-state index in [1.807, 2.05) is 25.1 Å². The molecule has 0 unspecified atom stereocenters. The first kappa shape index (κ1) is 20.0. The molecule has 0 saturated heterocycles. The summed E-state index contributed by atoms with van der Waals surface area (Å²) in [7, 11) is 0. The van der Waals surface area contributed by atoms with Crippen LogP contribution in [0.15, 0.2) is 47.6 Å². The Balaban J connectivity index is 1.93. The summed E-state index contributed by atoms with van der Waals surface area (Å²) in [4.78, 5) is 10.2. The lowest BCUT2D eigenvalue weighted by Crippen LogP contribution is -2.31. The summed E-state index contributed by atoms with van der Waals surface area (Å²) < 4.78 is 6.72. The van der Waals surface area contributed by atoms with E-state index in [1.165, 1.54) is 12.1 Å². The topological polar surface area (TPSA) is 88.8 Å². The highest BCUT2D eigenvalue weighted by atomic mass is 127. The monoisotopic (exact) mass is 484 g/mol. The molecule has 2 aromatic rings. The third-order valence-electron chi connectivity index (χ3n) is 3.21. The number of nitro groups is 1. The molecule has 0 aliphatic rings. The fourth-order valence-electron chi connectivity index (χ4n) is 1.95. The second-order valence-corrected chi connectivity index (χ2v) is 6.70. The van der Waals surface area contributed by atoms with Gasteiger partial charge in [0.05, 0.1) is 14.7 Å². The van der Waals surface area contributed by atoms with Crippen LogP contribution >= 0.6 is 34.8 Å². The Hall–Kier alpha value is -2.27. The SMILES string of the molecule is CCNC(=S)N/N=C\c1ccc(OCc2ccc([N+](=O)[O-])cc2)c(I)c1. The van der Waals surface area contributed by atoms with Crippen molar-refractivity contribution >= 4 is 51.8 Å². The number of thiocarbonyl (C=S) groups is 1. The predicted octanol–water partition coefficient (Wildman–Crippen LogP) is 3.60. The Morgan fingerprint density at radius 1 is 1.35 bits per heavy atom. The van der Waals surface area contributed by atoms with Crippen LogP contribution in [0, 0.1) is 13.7 Å². The van der Waals surface area contributed by atoms with Gasteiger partial charge in [0, 0.05) is 18.7 Å². The molecule has 0 heterocycles. The van der Waals surface area contributed by atoms with Gasteiger partial charge in [0.2, 0.25) is 0 Å². The standard InChI is InChI=1S/C17H17IN4O3S/c1-2-19-17(26)21-20-10-13-5-8-16(15(18)9-13)25-11-12-3-6-14(7-4-12)22(23)24/h3-10H,2,11H2,1H3,(H2,19,21,26)/b20-10-. The Morgan fingerprint density at radius 3 is 2.69 bits per heavy atom. The predicted molar refractivity (Wildman–Crippen MR) is 114 cm³/mol. The van der Waals surface area contributed by atoms with Crippen LogP contribution in [0.3, 0.4) is 0 Å². The molecule has 0 saturated carbocycles. The molecule has 0 fully saturated rings. The van der Waals surface area contributed by atoms with Crippen LogP contribution in [-0.2, 0) is 6.61 Å². The van der Waals surface area contributed by atoms with Crippen molar-refractivity contribution in [2.45, 2.75) is 13.5 Å². The number of nitro benzene ring substituents is 1. The van der Waals surface area contributed by atoms with Gasteiger partial charge < -0.3 is 10.1 Å². The lowest BCUT2D eigenvalue weighted by molar-refractivity contribution is -0.384. The van der Waals surface area contributed by atoms with Gasteiger partial charge in [-0.05, 0) is 83.2 Å². The fraction of sp³-hybridized carbons (Fsp3) is 0.176. The van der Waals surface area contributed by atoms with Crippen LogP contribution in [0.1, 0.15) is 18.1 Å². The van der Waals surface area contributed by atoms with Crippen LogP contribution in [0.2, 0.25) is 0 Å². The van der Waals surface area contributed by atoms with Gasteiger partial charge in [0.1, 0.15) is 12.4 Å². The van der Waals surface area contributed by atoms with E-state index in [0.717, 1.165) is 27.0 Å². The minimum Gasteiger partial charge on any atom is -0.488 e. The molecule has 9 heteroatoms. The molecule has 2 N–H and O–H groups in total. The molecule has 0 aliphatic heterocycles. The van der Waals surface area contributed by atoms with Crippen molar-refractivity contribution in [3.05, 3.63) is 67.3 Å².